The fourth-order valence-corrected chi connectivity index (χ4v) is 3.43. The summed E-state index contributed by atoms with van der Waals surface area (Å²) in [5.41, 5.74) is 2.56. The van der Waals surface area contributed by atoms with Crippen molar-refractivity contribution in [3.63, 3.8) is 0 Å². The molecule has 0 fully saturated rings. The van der Waals surface area contributed by atoms with Gasteiger partial charge in [0.05, 0.1) is 31.1 Å². The van der Waals surface area contributed by atoms with E-state index in [0.717, 1.165) is 24.0 Å². The van der Waals surface area contributed by atoms with Crippen LogP contribution in [0.15, 0.2) is 59.0 Å². The Bertz CT molecular complexity index is 682. The Balaban J connectivity index is 1.77. The molecule has 1 amide bonds. The maximum Gasteiger partial charge on any atom is 0.253 e. The Kier molecular flexibility index (Phi) is 5.67. The number of benzene rings is 1. The Morgan fingerprint density at radius 1 is 1.29 bits per heavy atom. The Morgan fingerprint density at radius 3 is 2.79 bits per heavy atom. The molecule has 0 bridgehead atoms. The molecule has 0 radical (unpaired) electrons. The van der Waals surface area contributed by atoms with Crippen LogP contribution in [0.4, 0.5) is 0 Å². The van der Waals surface area contributed by atoms with Gasteiger partial charge in [0, 0.05) is 6.54 Å². The number of aliphatic hydroxyl groups excluding tert-OH is 1. The molecule has 1 aromatic carbocycles. The first kappa shape index (κ1) is 16.7. The lowest BCUT2D eigenvalue weighted by molar-refractivity contribution is -0.129. The average Bonchev–Trinajstić information content (AvgIpc) is 3.17. The van der Waals surface area contributed by atoms with Crippen LogP contribution in [0.1, 0.15) is 30.1 Å². The number of rotatable bonds is 6. The van der Waals surface area contributed by atoms with E-state index in [1.165, 1.54) is 0 Å². The van der Waals surface area contributed by atoms with Crippen molar-refractivity contribution < 1.29 is 14.6 Å². The van der Waals surface area contributed by atoms with E-state index >= 15 is 0 Å². The largest absolute Gasteiger partial charge is 0.501 e. The summed E-state index contributed by atoms with van der Waals surface area (Å²) in [4.78, 5) is 14.6. The van der Waals surface area contributed by atoms with E-state index in [1.54, 1.807) is 22.5 Å². The van der Waals surface area contributed by atoms with Gasteiger partial charge in [-0.15, -0.1) is 0 Å². The van der Waals surface area contributed by atoms with Crippen molar-refractivity contribution in [2.75, 3.05) is 13.2 Å². The van der Waals surface area contributed by atoms with Gasteiger partial charge in [0.15, 0.2) is 0 Å². The highest BCUT2D eigenvalue weighted by molar-refractivity contribution is 7.07. The molecule has 2 heterocycles. The van der Waals surface area contributed by atoms with Gasteiger partial charge < -0.3 is 14.7 Å². The molecule has 0 saturated carbocycles. The third-order valence-electron chi connectivity index (χ3n) is 4.03. The Labute approximate surface area is 146 Å². The molecule has 1 aliphatic rings. The Morgan fingerprint density at radius 2 is 2.12 bits per heavy atom. The van der Waals surface area contributed by atoms with Crippen LogP contribution in [0.5, 0.6) is 0 Å². The van der Waals surface area contributed by atoms with Crippen molar-refractivity contribution in [2.24, 2.45) is 0 Å². The summed E-state index contributed by atoms with van der Waals surface area (Å²) in [6.07, 6.45) is 2.46. The van der Waals surface area contributed by atoms with Crippen molar-refractivity contribution in [1.29, 1.82) is 0 Å². The highest BCUT2D eigenvalue weighted by Crippen LogP contribution is 2.22. The van der Waals surface area contributed by atoms with E-state index in [4.69, 9.17) is 4.74 Å². The number of amides is 1. The predicted molar refractivity (Wildman–Crippen MR) is 94.4 cm³/mol. The predicted octanol–water partition coefficient (Wildman–Crippen LogP) is 3.50. The average molecular weight is 343 g/mol. The van der Waals surface area contributed by atoms with Crippen molar-refractivity contribution >= 4 is 17.2 Å². The van der Waals surface area contributed by atoms with Crippen molar-refractivity contribution in [1.82, 2.24) is 4.90 Å². The summed E-state index contributed by atoms with van der Waals surface area (Å²) in [6.45, 7) is 1.40. The monoisotopic (exact) mass is 343 g/mol. The number of hydrogen-bond acceptors (Lipinski definition) is 4. The minimum Gasteiger partial charge on any atom is -0.501 e. The van der Waals surface area contributed by atoms with E-state index in [9.17, 15) is 9.90 Å². The van der Waals surface area contributed by atoms with E-state index < -0.39 is 6.10 Å². The zero-order valence-corrected chi connectivity index (χ0v) is 14.2. The van der Waals surface area contributed by atoms with Crippen LogP contribution >= 0.6 is 11.3 Å². The third kappa shape index (κ3) is 4.24. The lowest BCUT2D eigenvalue weighted by atomic mass is 10.1. The van der Waals surface area contributed by atoms with E-state index in [2.05, 4.69) is 0 Å². The lowest BCUT2D eigenvalue weighted by Crippen LogP contribution is -2.35. The summed E-state index contributed by atoms with van der Waals surface area (Å²) in [7, 11) is 0. The highest BCUT2D eigenvalue weighted by atomic mass is 32.1. The van der Waals surface area contributed by atoms with Crippen LogP contribution in [0.2, 0.25) is 0 Å². The first-order valence-electron chi connectivity index (χ1n) is 8.08. The van der Waals surface area contributed by atoms with Crippen molar-refractivity contribution in [3.05, 3.63) is 70.1 Å². The Hall–Kier alpha value is -2.11. The van der Waals surface area contributed by atoms with E-state index in [1.807, 2.05) is 47.2 Å². The van der Waals surface area contributed by atoms with Crippen LogP contribution in [0, 0.1) is 0 Å². The summed E-state index contributed by atoms with van der Waals surface area (Å²) >= 11 is 1.54. The number of hydrogen-bond donors (Lipinski definition) is 1. The van der Waals surface area contributed by atoms with Gasteiger partial charge in [0.2, 0.25) is 0 Å². The minimum atomic E-state index is -0.686. The minimum absolute atomic E-state index is 0.0622. The van der Waals surface area contributed by atoms with Crippen LogP contribution in [0.3, 0.4) is 0 Å². The molecular formula is C19H21NO3S. The van der Waals surface area contributed by atoms with Gasteiger partial charge >= 0.3 is 0 Å². The van der Waals surface area contributed by atoms with Crippen molar-refractivity contribution in [2.45, 2.75) is 25.5 Å². The highest BCUT2D eigenvalue weighted by Gasteiger charge is 2.23. The van der Waals surface area contributed by atoms with Crippen LogP contribution < -0.4 is 0 Å². The number of ether oxygens (including phenoxy) is 1. The maximum atomic E-state index is 12.9. The maximum absolute atomic E-state index is 12.9. The van der Waals surface area contributed by atoms with Gasteiger partial charge in [-0.25, -0.2) is 0 Å². The number of aliphatic hydroxyl groups is 1. The first-order chi connectivity index (χ1) is 11.7. The molecule has 0 spiro atoms. The van der Waals surface area contributed by atoms with Gasteiger partial charge in [-0.3, -0.25) is 4.79 Å². The summed E-state index contributed by atoms with van der Waals surface area (Å²) in [5.74, 6) is -0.0622. The molecule has 1 aromatic heterocycles. The van der Waals surface area contributed by atoms with Crippen LogP contribution in [-0.4, -0.2) is 29.1 Å². The molecule has 4 nitrogen and oxygen atoms in total. The molecular weight excluding hydrogens is 322 g/mol. The molecule has 1 N–H and O–H groups in total. The number of carbonyl (C=O) groups excluding carboxylic acids is 1. The van der Waals surface area contributed by atoms with Gasteiger partial charge in [-0.05, 0) is 40.8 Å². The molecule has 126 valence electrons. The third-order valence-corrected chi connectivity index (χ3v) is 4.73. The fraction of sp³-hybridized carbons (Fsp3) is 0.316. The molecule has 0 aliphatic carbocycles. The van der Waals surface area contributed by atoms with Crippen LogP contribution in [0.25, 0.3) is 0 Å². The van der Waals surface area contributed by atoms with Gasteiger partial charge in [0.1, 0.15) is 0 Å². The molecule has 2 aromatic rings. The standard InChI is InChI=1S/C19H21NO3S/c21-18(17-8-10-24-14-17)12-20(11-15-5-2-1-3-6-15)19(22)16-7-4-9-23-13-16/h1-3,5-6,8,10,13-14,18,21H,4,7,9,11-12H2. The number of carbonyl (C=O) groups is 1. The second kappa shape index (κ2) is 8.13. The first-order valence-corrected chi connectivity index (χ1v) is 9.02. The number of nitrogens with zero attached hydrogens (tertiary/aromatic N) is 1. The second-order valence-corrected chi connectivity index (χ2v) is 6.64. The molecule has 1 unspecified atom stereocenters. The number of thiophene rings is 1. The lowest BCUT2D eigenvalue weighted by Gasteiger charge is -2.27. The summed E-state index contributed by atoms with van der Waals surface area (Å²) < 4.78 is 5.31. The second-order valence-electron chi connectivity index (χ2n) is 5.86. The van der Waals surface area contributed by atoms with Crippen molar-refractivity contribution in [3.8, 4) is 0 Å². The molecule has 5 heteroatoms. The summed E-state index contributed by atoms with van der Waals surface area (Å²) in [6, 6.07) is 11.7. The smallest absolute Gasteiger partial charge is 0.253 e. The quantitative estimate of drug-likeness (QED) is 0.873. The molecule has 1 atom stereocenters. The fourth-order valence-electron chi connectivity index (χ4n) is 2.73. The van der Waals surface area contributed by atoms with E-state index in [0.29, 0.717) is 18.7 Å². The molecule has 24 heavy (non-hydrogen) atoms. The molecule has 1 aliphatic heterocycles. The molecule has 3 rings (SSSR count). The van der Waals surface area contributed by atoms with Gasteiger partial charge in [-0.1, -0.05) is 30.3 Å². The molecule has 0 saturated heterocycles. The zero-order valence-electron chi connectivity index (χ0n) is 13.4. The van der Waals surface area contributed by atoms with Crippen LogP contribution in [-0.2, 0) is 16.1 Å². The summed E-state index contributed by atoms with van der Waals surface area (Å²) in [5, 5.41) is 14.3. The topological polar surface area (TPSA) is 49.8 Å². The van der Waals surface area contributed by atoms with Gasteiger partial charge in [-0.2, -0.15) is 11.3 Å². The zero-order chi connectivity index (χ0) is 16.8. The SMILES string of the molecule is O=C(C1=COCCC1)N(Cc1ccccc1)CC(O)c1ccsc1. The van der Waals surface area contributed by atoms with Gasteiger partial charge in [0.25, 0.3) is 5.91 Å². The normalized spacial score (nSPS) is 15.3. The van der Waals surface area contributed by atoms with E-state index in [-0.39, 0.29) is 12.5 Å².